The van der Waals surface area contributed by atoms with Crippen molar-refractivity contribution >= 4 is 29.3 Å². The van der Waals surface area contributed by atoms with Gasteiger partial charge < -0.3 is 10.2 Å². The van der Waals surface area contributed by atoms with Gasteiger partial charge in [0.05, 0.1) is 5.25 Å². The van der Waals surface area contributed by atoms with Crippen LogP contribution in [0.25, 0.3) is 0 Å². The zero-order chi connectivity index (χ0) is 16.8. The number of carbonyl (C=O) groups excluding carboxylic acids is 1. The molecule has 0 aromatic heterocycles. The van der Waals surface area contributed by atoms with Gasteiger partial charge in [0.15, 0.2) is 0 Å². The Morgan fingerprint density at radius 2 is 1.87 bits per heavy atom. The average Bonchev–Trinajstić information content (AvgIpc) is 2.51. The Morgan fingerprint density at radius 3 is 2.43 bits per heavy atom. The van der Waals surface area contributed by atoms with Gasteiger partial charge in [0.25, 0.3) is 0 Å². The summed E-state index contributed by atoms with van der Waals surface area (Å²) >= 11 is 7.47. The van der Waals surface area contributed by atoms with Gasteiger partial charge in [0, 0.05) is 35.6 Å². The number of piperidine rings is 1. The van der Waals surface area contributed by atoms with Gasteiger partial charge in [0.2, 0.25) is 5.91 Å². The highest BCUT2D eigenvalue weighted by Crippen LogP contribution is 2.25. The lowest BCUT2D eigenvalue weighted by molar-refractivity contribution is -0.121. The Balaban J connectivity index is 1.75. The van der Waals surface area contributed by atoms with Gasteiger partial charge in [-0.15, -0.1) is 11.8 Å². The van der Waals surface area contributed by atoms with Crippen LogP contribution >= 0.6 is 23.4 Å². The maximum atomic E-state index is 12.4. The SMILES string of the molecule is CC(C)CN1CCC(NC(=O)[C@@H](C)Sc2ccc(Cl)cc2)CC1. The van der Waals surface area contributed by atoms with Crippen molar-refractivity contribution in [3.8, 4) is 0 Å². The number of nitrogens with one attached hydrogen (secondary N) is 1. The molecule has 1 aliphatic heterocycles. The zero-order valence-corrected chi connectivity index (χ0v) is 15.8. The summed E-state index contributed by atoms with van der Waals surface area (Å²) in [6, 6.07) is 7.96. The van der Waals surface area contributed by atoms with Crippen LogP contribution in [0.4, 0.5) is 0 Å². The maximum Gasteiger partial charge on any atom is 0.233 e. The first-order valence-electron chi connectivity index (χ1n) is 8.39. The van der Waals surface area contributed by atoms with Crippen molar-refractivity contribution in [2.45, 2.75) is 49.8 Å². The number of rotatable bonds is 6. The Labute approximate surface area is 149 Å². The molecule has 1 aliphatic rings. The molecular weight excluding hydrogens is 328 g/mol. The van der Waals surface area contributed by atoms with E-state index in [1.165, 1.54) is 0 Å². The normalized spacial score (nSPS) is 18.1. The van der Waals surface area contributed by atoms with Crippen molar-refractivity contribution in [3.63, 3.8) is 0 Å². The van der Waals surface area contributed by atoms with Gasteiger partial charge >= 0.3 is 0 Å². The van der Waals surface area contributed by atoms with Crippen LogP contribution in [0.3, 0.4) is 0 Å². The predicted molar refractivity (Wildman–Crippen MR) is 99.2 cm³/mol. The van der Waals surface area contributed by atoms with Gasteiger partial charge in [-0.2, -0.15) is 0 Å². The summed E-state index contributed by atoms with van der Waals surface area (Å²) in [6.07, 6.45) is 2.10. The van der Waals surface area contributed by atoms with Crippen LogP contribution in [-0.2, 0) is 4.79 Å². The Morgan fingerprint density at radius 1 is 1.26 bits per heavy atom. The van der Waals surface area contributed by atoms with E-state index in [1.807, 2.05) is 31.2 Å². The van der Waals surface area contributed by atoms with E-state index < -0.39 is 0 Å². The minimum atomic E-state index is -0.0927. The monoisotopic (exact) mass is 354 g/mol. The second-order valence-corrected chi connectivity index (χ2v) is 8.54. The third-order valence-electron chi connectivity index (χ3n) is 4.05. The Kier molecular flexibility index (Phi) is 7.25. The molecular formula is C18H27ClN2OS. The zero-order valence-electron chi connectivity index (χ0n) is 14.2. The standard InChI is InChI=1S/C18H27ClN2OS/c1-13(2)12-21-10-8-16(9-11-21)20-18(22)14(3)23-17-6-4-15(19)5-7-17/h4-7,13-14,16H,8-12H2,1-3H3,(H,20,22)/t14-/m1/s1. The molecule has 0 unspecified atom stereocenters. The van der Waals surface area contributed by atoms with Crippen molar-refractivity contribution in [3.05, 3.63) is 29.3 Å². The number of amides is 1. The summed E-state index contributed by atoms with van der Waals surface area (Å²) in [4.78, 5) is 15.9. The molecule has 1 saturated heterocycles. The van der Waals surface area contributed by atoms with Crippen LogP contribution < -0.4 is 5.32 Å². The number of thioether (sulfide) groups is 1. The summed E-state index contributed by atoms with van der Waals surface area (Å²) in [7, 11) is 0. The highest BCUT2D eigenvalue weighted by Gasteiger charge is 2.23. The van der Waals surface area contributed by atoms with Crippen LogP contribution in [0.1, 0.15) is 33.6 Å². The van der Waals surface area contributed by atoms with Crippen LogP contribution in [0.5, 0.6) is 0 Å². The topological polar surface area (TPSA) is 32.3 Å². The molecule has 0 radical (unpaired) electrons. The van der Waals surface area contributed by atoms with Crippen LogP contribution in [0, 0.1) is 5.92 Å². The first kappa shape index (κ1) is 18.6. The second kappa shape index (κ2) is 8.95. The fraction of sp³-hybridized carbons (Fsp3) is 0.611. The van der Waals surface area contributed by atoms with Gasteiger partial charge in [-0.25, -0.2) is 0 Å². The van der Waals surface area contributed by atoms with E-state index in [2.05, 4.69) is 24.1 Å². The second-order valence-electron chi connectivity index (χ2n) is 6.69. The van der Waals surface area contributed by atoms with E-state index in [-0.39, 0.29) is 11.2 Å². The third-order valence-corrected chi connectivity index (χ3v) is 5.42. The largest absolute Gasteiger partial charge is 0.352 e. The summed E-state index contributed by atoms with van der Waals surface area (Å²) in [5.74, 6) is 0.837. The molecule has 1 N–H and O–H groups in total. The molecule has 3 nitrogen and oxygen atoms in total. The number of likely N-dealkylation sites (tertiary alicyclic amines) is 1. The number of hydrogen-bond acceptors (Lipinski definition) is 3. The number of hydrogen-bond donors (Lipinski definition) is 1. The van der Waals surface area contributed by atoms with Crippen LogP contribution in [0.2, 0.25) is 5.02 Å². The highest BCUT2D eigenvalue weighted by molar-refractivity contribution is 8.00. The van der Waals surface area contributed by atoms with Gasteiger partial charge in [-0.1, -0.05) is 25.4 Å². The average molecular weight is 355 g/mol. The first-order valence-corrected chi connectivity index (χ1v) is 9.64. The quantitative estimate of drug-likeness (QED) is 0.782. The van der Waals surface area contributed by atoms with E-state index >= 15 is 0 Å². The number of carbonyl (C=O) groups is 1. The van der Waals surface area contributed by atoms with Gasteiger partial charge in [-0.05, 0) is 49.9 Å². The Hall–Kier alpha value is -0.710. The lowest BCUT2D eigenvalue weighted by Crippen LogP contribution is -2.47. The van der Waals surface area contributed by atoms with E-state index in [4.69, 9.17) is 11.6 Å². The van der Waals surface area contributed by atoms with Crippen molar-refractivity contribution in [2.24, 2.45) is 5.92 Å². The molecule has 1 amide bonds. The summed E-state index contributed by atoms with van der Waals surface area (Å²) in [5.41, 5.74) is 0. The van der Waals surface area contributed by atoms with E-state index in [9.17, 15) is 4.79 Å². The Bertz CT molecular complexity index is 498. The molecule has 1 heterocycles. The molecule has 0 bridgehead atoms. The van der Waals surface area contributed by atoms with Gasteiger partial charge in [-0.3, -0.25) is 4.79 Å². The molecule has 0 aliphatic carbocycles. The summed E-state index contributed by atoms with van der Waals surface area (Å²) < 4.78 is 0. The molecule has 1 atom stereocenters. The molecule has 128 valence electrons. The molecule has 0 spiro atoms. The minimum Gasteiger partial charge on any atom is -0.352 e. The lowest BCUT2D eigenvalue weighted by atomic mass is 10.0. The van der Waals surface area contributed by atoms with Crippen molar-refractivity contribution in [1.29, 1.82) is 0 Å². The molecule has 1 aromatic carbocycles. The van der Waals surface area contributed by atoms with Crippen molar-refractivity contribution in [2.75, 3.05) is 19.6 Å². The van der Waals surface area contributed by atoms with Crippen LogP contribution in [0.15, 0.2) is 29.2 Å². The molecule has 5 heteroatoms. The van der Waals surface area contributed by atoms with E-state index in [0.29, 0.717) is 12.0 Å². The maximum absolute atomic E-state index is 12.4. The minimum absolute atomic E-state index is 0.0927. The molecule has 2 rings (SSSR count). The molecule has 1 fully saturated rings. The predicted octanol–water partition coefficient (Wildman–Crippen LogP) is 4.06. The fourth-order valence-electron chi connectivity index (χ4n) is 2.87. The van der Waals surface area contributed by atoms with Gasteiger partial charge in [0.1, 0.15) is 0 Å². The van der Waals surface area contributed by atoms with E-state index in [0.717, 1.165) is 42.4 Å². The number of benzene rings is 1. The van der Waals surface area contributed by atoms with Crippen molar-refractivity contribution < 1.29 is 4.79 Å². The molecule has 23 heavy (non-hydrogen) atoms. The molecule has 1 aromatic rings. The summed E-state index contributed by atoms with van der Waals surface area (Å²) in [6.45, 7) is 9.79. The molecule has 0 saturated carbocycles. The number of nitrogens with zero attached hydrogens (tertiary/aromatic N) is 1. The summed E-state index contributed by atoms with van der Waals surface area (Å²) in [5, 5.41) is 3.84. The lowest BCUT2D eigenvalue weighted by Gasteiger charge is -2.33. The van der Waals surface area contributed by atoms with E-state index in [1.54, 1.807) is 11.8 Å². The van der Waals surface area contributed by atoms with Crippen LogP contribution in [-0.4, -0.2) is 41.7 Å². The smallest absolute Gasteiger partial charge is 0.233 e. The highest BCUT2D eigenvalue weighted by atomic mass is 35.5. The fourth-order valence-corrected chi connectivity index (χ4v) is 3.87. The van der Waals surface area contributed by atoms with Crippen molar-refractivity contribution in [1.82, 2.24) is 10.2 Å². The third kappa shape index (κ3) is 6.36. The first-order chi connectivity index (χ1) is 10.9. The number of halogens is 1.